The second kappa shape index (κ2) is 7.13. The highest BCUT2D eigenvalue weighted by molar-refractivity contribution is 5.94. The molecular weight excluding hydrogens is 307 g/mol. The highest BCUT2D eigenvalue weighted by Crippen LogP contribution is 2.21. The number of Topliss-reactive ketones (excluding diaryl/α,β-unsaturated/α-hetero) is 1. The molecule has 0 aliphatic carbocycles. The zero-order chi connectivity index (χ0) is 16.9. The van der Waals surface area contributed by atoms with Crippen molar-refractivity contribution in [2.45, 2.75) is 6.92 Å². The number of hydrogen-bond donors (Lipinski definition) is 0. The lowest BCUT2D eigenvalue weighted by Crippen LogP contribution is -2.09. The maximum Gasteiger partial charge on any atom is 0.162 e. The molecule has 0 unspecified atom stereocenters. The van der Waals surface area contributed by atoms with Crippen LogP contribution >= 0.6 is 0 Å². The molecular formula is C20H17FO3. The Morgan fingerprint density at radius 1 is 0.875 bits per heavy atom. The molecule has 0 heterocycles. The lowest BCUT2D eigenvalue weighted by Gasteiger charge is -2.10. The van der Waals surface area contributed by atoms with E-state index in [0.29, 0.717) is 12.4 Å². The van der Waals surface area contributed by atoms with Gasteiger partial charge < -0.3 is 9.47 Å². The van der Waals surface area contributed by atoms with Gasteiger partial charge in [-0.25, -0.2) is 4.39 Å². The predicted octanol–water partition coefficient (Wildman–Crippen LogP) is 4.64. The van der Waals surface area contributed by atoms with Gasteiger partial charge in [0.15, 0.2) is 5.78 Å². The normalized spacial score (nSPS) is 10.6. The van der Waals surface area contributed by atoms with Gasteiger partial charge in [-0.1, -0.05) is 30.3 Å². The Labute approximate surface area is 139 Å². The molecule has 0 saturated carbocycles. The Morgan fingerprint density at radius 2 is 1.50 bits per heavy atom. The van der Waals surface area contributed by atoms with E-state index in [1.807, 2.05) is 42.5 Å². The Morgan fingerprint density at radius 3 is 2.17 bits per heavy atom. The van der Waals surface area contributed by atoms with Gasteiger partial charge in [-0.2, -0.15) is 0 Å². The van der Waals surface area contributed by atoms with Gasteiger partial charge in [0.2, 0.25) is 0 Å². The second-order valence-electron chi connectivity index (χ2n) is 5.40. The molecule has 0 bridgehead atoms. The molecule has 122 valence electrons. The molecule has 0 N–H and O–H groups in total. The standard InChI is InChI=1S/C20H17FO3/c1-14(22)19-9-8-18(13-20(19)21)24-11-10-23-17-7-6-15-4-2-3-5-16(15)12-17/h2-9,12-13H,10-11H2,1H3. The molecule has 24 heavy (non-hydrogen) atoms. The molecule has 3 aromatic carbocycles. The van der Waals surface area contributed by atoms with E-state index in [1.165, 1.54) is 19.1 Å². The maximum absolute atomic E-state index is 13.7. The predicted molar refractivity (Wildman–Crippen MR) is 91.3 cm³/mol. The number of carbonyl (C=O) groups is 1. The van der Waals surface area contributed by atoms with Gasteiger partial charge in [-0.3, -0.25) is 4.79 Å². The van der Waals surface area contributed by atoms with E-state index in [2.05, 4.69) is 0 Å². The number of halogens is 1. The average Bonchev–Trinajstić information content (AvgIpc) is 2.58. The van der Waals surface area contributed by atoms with Crippen LogP contribution in [-0.2, 0) is 0 Å². The molecule has 0 aromatic heterocycles. The fourth-order valence-electron chi connectivity index (χ4n) is 2.45. The summed E-state index contributed by atoms with van der Waals surface area (Å²) in [5.74, 6) is 0.254. The van der Waals surface area contributed by atoms with Gasteiger partial charge in [0.25, 0.3) is 0 Å². The number of ketones is 1. The van der Waals surface area contributed by atoms with E-state index in [0.717, 1.165) is 16.5 Å². The minimum atomic E-state index is -0.574. The number of fused-ring (bicyclic) bond motifs is 1. The Balaban J connectivity index is 1.54. The van der Waals surface area contributed by atoms with Gasteiger partial charge in [-0.05, 0) is 42.0 Å². The van der Waals surface area contributed by atoms with Crippen LogP contribution in [-0.4, -0.2) is 19.0 Å². The van der Waals surface area contributed by atoms with Crippen molar-refractivity contribution in [2.24, 2.45) is 0 Å². The molecule has 4 heteroatoms. The summed E-state index contributed by atoms with van der Waals surface area (Å²) in [7, 11) is 0. The fraction of sp³-hybridized carbons (Fsp3) is 0.150. The maximum atomic E-state index is 13.7. The van der Waals surface area contributed by atoms with Crippen LogP contribution in [0, 0.1) is 5.82 Å². The summed E-state index contributed by atoms with van der Waals surface area (Å²) in [5, 5.41) is 2.26. The van der Waals surface area contributed by atoms with Gasteiger partial charge in [0.05, 0.1) is 5.56 Å². The topological polar surface area (TPSA) is 35.5 Å². The third kappa shape index (κ3) is 3.71. The number of hydrogen-bond acceptors (Lipinski definition) is 3. The molecule has 3 nitrogen and oxygen atoms in total. The molecule has 0 aliphatic rings. The van der Waals surface area contributed by atoms with Gasteiger partial charge in [0, 0.05) is 6.07 Å². The first-order chi connectivity index (χ1) is 11.6. The van der Waals surface area contributed by atoms with Crippen LogP contribution in [0.25, 0.3) is 10.8 Å². The van der Waals surface area contributed by atoms with Crippen LogP contribution in [0.15, 0.2) is 60.7 Å². The Hall–Kier alpha value is -2.88. The first-order valence-corrected chi connectivity index (χ1v) is 7.68. The van der Waals surface area contributed by atoms with Crippen LogP contribution in [0.3, 0.4) is 0 Å². The highest BCUT2D eigenvalue weighted by Gasteiger charge is 2.08. The molecule has 0 radical (unpaired) electrons. The Kier molecular flexibility index (Phi) is 4.75. The summed E-state index contributed by atoms with van der Waals surface area (Å²) in [6.45, 7) is 1.95. The molecule has 0 atom stereocenters. The van der Waals surface area contributed by atoms with Crippen molar-refractivity contribution in [3.8, 4) is 11.5 Å². The molecule has 0 fully saturated rings. The lowest BCUT2D eigenvalue weighted by atomic mass is 10.1. The quantitative estimate of drug-likeness (QED) is 0.489. The van der Waals surface area contributed by atoms with E-state index < -0.39 is 5.82 Å². The minimum Gasteiger partial charge on any atom is -0.490 e. The second-order valence-corrected chi connectivity index (χ2v) is 5.40. The first-order valence-electron chi connectivity index (χ1n) is 7.68. The number of benzene rings is 3. The van der Waals surface area contributed by atoms with E-state index in [4.69, 9.17) is 9.47 Å². The van der Waals surface area contributed by atoms with Crippen molar-refractivity contribution < 1.29 is 18.7 Å². The summed E-state index contributed by atoms with van der Waals surface area (Å²) < 4.78 is 24.8. The third-order valence-electron chi connectivity index (χ3n) is 3.66. The first kappa shape index (κ1) is 16.0. The molecule has 0 saturated heterocycles. The third-order valence-corrected chi connectivity index (χ3v) is 3.66. The van der Waals surface area contributed by atoms with Gasteiger partial charge >= 0.3 is 0 Å². The zero-order valence-electron chi connectivity index (χ0n) is 13.3. The van der Waals surface area contributed by atoms with Crippen molar-refractivity contribution in [3.05, 3.63) is 72.0 Å². The van der Waals surface area contributed by atoms with Crippen molar-refractivity contribution >= 4 is 16.6 Å². The van der Waals surface area contributed by atoms with E-state index in [9.17, 15) is 9.18 Å². The van der Waals surface area contributed by atoms with Gasteiger partial charge in [-0.15, -0.1) is 0 Å². The minimum absolute atomic E-state index is 0.0646. The van der Waals surface area contributed by atoms with Crippen LogP contribution in [0.4, 0.5) is 4.39 Å². The zero-order valence-corrected chi connectivity index (χ0v) is 13.3. The fourth-order valence-corrected chi connectivity index (χ4v) is 2.45. The van der Waals surface area contributed by atoms with Crippen LogP contribution in [0.1, 0.15) is 17.3 Å². The summed E-state index contributed by atoms with van der Waals surface area (Å²) in [5.41, 5.74) is 0.0646. The van der Waals surface area contributed by atoms with E-state index in [1.54, 1.807) is 6.07 Å². The van der Waals surface area contributed by atoms with Crippen LogP contribution < -0.4 is 9.47 Å². The largest absolute Gasteiger partial charge is 0.490 e. The van der Waals surface area contributed by atoms with Gasteiger partial charge in [0.1, 0.15) is 30.5 Å². The summed E-state index contributed by atoms with van der Waals surface area (Å²) in [6, 6.07) is 18.1. The molecule has 3 aromatic rings. The smallest absolute Gasteiger partial charge is 0.162 e. The van der Waals surface area contributed by atoms with E-state index >= 15 is 0 Å². The summed E-state index contributed by atoms with van der Waals surface area (Å²) in [4.78, 5) is 11.2. The van der Waals surface area contributed by atoms with Crippen LogP contribution in [0.5, 0.6) is 11.5 Å². The SMILES string of the molecule is CC(=O)c1ccc(OCCOc2ccc3ccccc3c2)cc1F. The highest BCUT2D eigenvalue weighted by atomic mass is 19.1. The van der Waals surface area contributed by atoms with Crippen molar-refractivity contribution in [1.29, 1.82) is 0 Å². The molecule has 0 aliphatic heterocycles. The lowest BCUT2D eigenvalue weighted by molar-refractivity contribution is 0.101. The van der Waals surface area contributed by atoms with Crippen molar-refractivity contribution in [2.75, 3.05) is 13.2 Å². The monoisotopic (exact) mass is 324 g/mol. The van der Waals surface area contributed by atoms with Crippen molar-refractivity contribution in [3.63, 3.8) is 0 Å². The van der Waals surface area contributed by atoms with E-state index in [-0.39, 0.29) is 18.0 Å². The molecule has 0 spiro atoms. The average molecular weight is 324 g/mol. The van der Waals surface area contributed by atoms with Crippen LogP contribution in [0.2, 0.25) is 0 Å². The number of carbonyl (C=O) groups excluding carboxylic acids is 1. The number of ether oxygens (including phenoxy) is 2. The summed E-state index contributed by atoms with van der Waals surface area (Å²) in [6.07, 6.45) is 0. The number of rotatable bonds is 6. The van der Waals surface area contributed by atoms with Crippen molar-refractivity contribution in [1.82, 2.24) is 0 Å². The molecule has 3 rings (SSSR count). The summed E-state index contributed by atoms with van der Waals surface area (Å²) >= 11 is 0. The molecule has 0 amide bonds. The Bertz CT molecular complexity index is 874.